The minimum Gasteiger partial charge on any atom is -0.545 e. The van der Waals surface area contributed by atoms with Gasteiger partial charge in [0.15, 0.2) is 11.5 Å². The highest BCUT2D eigenvalue weighted by Gasteiger charge is 2.34. The molecule has 0 bridgehead atoms. The normalized spacial score (nSPS) is 14.2. The van der Waals surface area contributed by atoms with E-state index in [-0.39, 0.29) is 28.6 Å². The molecule has 1 N–H and O–H groups in total. The summed E-state index contributed by atoms with van der Waals surface area (Å²) in [6.45, 7) is 2.16. The molecule has 178 valence electrons. The van der Waals surface area contributed by atoms with Crippen LogP contribution >= 0.6 is 11.6 Å². The molecule has 0 aromatic heterocycles. The molecule has 8 nitrogen and oxygen atoms in total. The van der Waals surface area contributed by atoms with E-state index < -0.39 is 17.9 Å². The number of amides is 3. The number of carboxylic acids is 1. The predicted octanol–water partition coefficient (Wildman–Crippen LogP) is 3.78. The van der Waals surface area contributed by atoms with Crippen molar-refractivity contribution in [1.82, 2.24) is 5.32 Å². The smallest absolute Gasteiger partial charge is 0.333 e. The van der Waals surface area contributed by atoms with Crippen molar-refractivity contribution >= 4 is 41.3 Å². The van der Waals surface area contributed by atoms with Gasteiger partial charge in [0.2, 0.25) is 0 Å². The summed E-state index contributed by atoms with van der Waals surface area (Å²) in [5.41, 5.74) is 1.71. The van der Waals surface area contributed by atoms with E-state index in [1.165, 1.54) is 18.2 Å². The standard InChI is InChI=1S/C26H21ClN2O6/c1-2-34-22-14-17(13-21-24(30)29(26(33)28-21)19-9-4-3-5-10-19)12-20(27)23(22)35-15-16-7-6-8-18(11-16)25(31)32/h3-14H,2,15H2,1H3,(H,28,33)(H,31,32)/p-1/b21-13-. The molecule has 3 aromatic rings. The van der Waals surface area contributed by atoms with Gasteiger partial charge in [0.25, 0.3) is 5.91 Å². The summed E-state index contributed by atoms with van der Waals surface area (Å²) in [7, 11) is 0. The zero-order valence-corrected chi connectivity index (χ0v) is 19.4. The summed E-state index contributed by atoms with van der Waals surface area (Å²) in [6.07, 6.45) is 1.50. The number of rotatable bonds is 8. The lowest BCUT2D eigenvalue weighted by atomic mass is 10.1. The van der Waals surface area contributed by atoms with Crippen LogP contribution in [0.2, 0.25) is 5.02 Å². The molecule has 3 aromatic carbocycles. The van der Waals surface area contributed by atoms with Crippen molar-refractivity contribution in [2.75, 3.05) is 11.5 Å². The largest absolute Gasteiger partial charge is 0.545 e. The number of ether oxygens (including phenoxy) is 2. The van der Waals surface area contributed by atoms with Crippen LogP contribution in [-0.4, -0.2) is 24.5 Å². The molecule has 1 aliphatic heterocycles. The van der Waals surface area contributed by atoms with Gasteiger partial charge in [-0.15, -0.1) is 0 Å². The van der Waals surface area contributed by atoms with Crippen LogP contribution in [0.1, 0.15) is 28.4 Å². The summed E-state index contributed by atoms with van der Waals surface area (Å²) >= 11 is 6.47. The maximum absolute atomic E-state index is 12.9. The number of hydrogen-bond acceptors (Lipinski definition) is 6. The SMILES string of the molecule is CCOc1cc(/C=C2\NC(=O)N(c3ccccc3)C2=O)cc(Cl)c1OCc1cccc(C(=O)[O-])c1. The summed E-state index contributed by atoms with van der Waals surface area (Å²) in [6, 6.07) is 17.5. The molecule has 9 heteroatoms. The van der Waals surface area contributed by atoms with E-state index >= 15 is 0 Å². The van der Waals surface area contributed by atoms with E-state index in [9.17, 15) is 19.5 Å². The molecule has 4 rings (SSSR count). The van der Waals surface area contributed by atoms with Crippen molar-refractivity contribution in [2.24, 2.45) is 0 Å². The van der Waals surface area contributed by atoms with Crippen LogP contribution in [0.15, 0.2) is 72.4 Å². The highest BCUT2D eigenvalue weighted by molar-refractivity contribution is 6.32. The maximum atomic E-state index is 12.9. The number of hydrogen-bond donors (Lipinski definition) is 1. The molecule has 0 aliphatic carbocycles. The highest BCUT2D eigenvalue weighted by atomic mass is 35.5. The van der Waals surface area contributed by atoms with E-state index in [0.29, 0.717) is 29.2 Å². The zero-order chi connectivity index (χ0) is 24.9. The minimum atomic E-state index is -1.28. The number of nitrogens with zero attached hydrogens (tertiary/aromatic N) is 1. The van der Waals surface area contributed by atoms with Gasteiger partial charge < -0.3 is 24.7 Å². The van der Waals surface area contributed by atoms with Gasteiger partial charge in [-0.05, 0) is 60.0 Å². The Morgan fingerprint density at radius 1 is 1.06 bits per heavy atom. The lowest BCUT2D eigenvalue weighted by Gasteiger charge is -2.15. The Hall–Kier alpha value is -4.30. The van der Waals surface area contributed by atoms with Crippen molar-refractivity contribution in [3.63, 3.8) is 0 Å². The minimum absolute atomic E-state index is 0.0389. The van der Waals surface area contributed by atoms with Crippen LogP contribution in [0.5, 0.6) is 11.5 Å². The van der Waals surface area contributed by atoms with Crippen molar-refractivity contribution in [3.05, 3.63) is 94.1 Å². The first-order valence-electron chi connectivity index (χ1n) is 10.7. The van der Waals surface area contributed by atoms with Crippen LogP contribution in [-0.2, 0) is 11.4 Å². The van der Waals surface area contributed by atoms with E-state index in [1.54, 1.807) is 61.5 Å². The van der Waals surface area contributed by atoms with Gasteiger partial charge in [0, 0.05) is 0 Å². The van der Waals surface area contributed by atoms with Crippen molar-refractivity contribution in [3.8, 4) is 11.5 Å². The molecule has 0 atom stereocenters. The molecule has 35 heavy (non-hydrogen) atoms. The number of anilines is 1. The number of nitrogens with one attached hydrogen (secondary N) is 1. The number of carbonyl (C=O) groups is 3. The molecule has 1 aliphatic rings. The Morgan fingerprint density at radius 2 is 1.83 bits per heavy atom. The number of urea groups is 1. The average molecular weight is 492 g/mol. The summed E-state index contributed by atoms with van der Waals surface area (Å²) < 4.78 is 11.5. The zero-order valence-electron chi connectivity index (χ0n) is 18.6. The number of benzene rings is 3. The number of para-hydroxylation sites is 1. The van der Waals surface area contributed by atoms with E-state index in [2.05, 4.69) is 5.32 Å². The van der Waals surface area contributed by atoms with Crippen molar-refractivity contribution in [2.45, 2.75) is 13.5 Å². The molecule has 0 spiro atoms. The number of aromatic carboxylic acids is 1. The van der Waals surface area contributed by atoms with E-state index in [0.717, 1.165) is 4.90 Å². The lowest BCUT2D eigenvalue weighted by molar-refractivity contribution is -0.255. The fourth-order valence-corrected chi connectivity index (χ4v) is 3.80. The number of carboxylic acid groups (broad SMARTS) is 1. The first kappa shape index (κ1) is 23.8. The Labute approximate surface area is 206 Å². The molecule has 3 amide bonds. The van der Waals surface area contributed by atoms with E-state index in [4.69, 9.17) is 21.1 Å². The summed E-state index contributed by atoms with van der Waals surface area (Å²) in [4.78, 5) is 37.4. The van der Waals surface area contributed by atoms with Gasteiger partial charge in [-0.25, -0.2) is 9.69 Å². The topological polar surface area (TPSA) is 108 Å². The first-order chi connectivity index (χ1) is 16.9. The molecule has 1 fully saturated rings. The van der Waals surface area contributed by atoms with Gasteiger partial charge in [-0.1, -0.05) is 48.0 Å². The second kappa shape index (κ2) is 10.3. The summed E-state index contributed by atoms with van der Waals surface area (Å²) in [5, 5.41) is 13.9. The van der Waals surface area contributed by atoms with Gasteiger partial charge in [0.1, 0.15) is 12.3 Å². The molecule has 0 radical (unpaired) electrons. The third-order valence-electron chi connectivity index (χ3n) is 5.08. The number of halogens is 1. The van der Waals surface area contributed by atoms with Crippen LogP contribution in [0, 0.1) is 0 Å². The van der Waals surface area contributed by atoms with E-state index in [1.807, 2.05) is 0 Å². The molecule has 0 saturated carbocycles. The number of imide groups is 1. The van der Waals surface area contributed by atoms with Crippen molar-refractivity contribution < 1.29 is 29.0 Å². The van der Waals surface area contributed by atoms with Gasteiger partial charge in [-0.3, -0.25) is 4.79 Å². The fourth-order valence-electron chi connectivity index (χ4n) is 3.53. The Morgan fingerprint density at radius 3 is 2.54 bits per heavy atom. The third-order valence-corrected chi connectivity index (χ3v) is 5.36. The molecular formula is C26H20ClN2O6-. The molecule has 1 heterocycles. The molecule has 1 saturated heterocycles. The Bertz CT molecular complexity index is 1320. The first-order valence-corrected chi connectivity index (χ1v) is 11.1. The van der Waals surface area contributed by atoms with Crippen molar-refractivity contribution in [1.29, 1.82) is 0 Å². The maximum Gasteiger partial charge on any atom is 0.333 e. The number of carbonyl (C=O) groups excluding carboxylic acids is 3. The fraction of sp³-hybridized carbons (Fsp3) is 0.115. The van der Waals surface area contributed by atoms with Gasteiger partial charge in [0.05, 0.1) is 23.3 Å². The molecular weight excluding hydrogens is 472 g/mol. The van der Waals surface area contributed by atoms with Crippen LogP contribution in [0.4, 0.5) is 10.5 Å². The van der Waals surface area contributed by atoms with Gasteiger partial charge >= 0.3 is 6.03 Å². The highest BCUT2D eigenvalue weighted by Crippen LogP contribution is 2.38. The second-order valence-corrected chi connectivity index (χ2v) is 7.91. The molecule has 0 unspecified atom stereocenters. The van der Waals surface area contributed by atoms with Crippen LogP contribution < -0.4 is 24.8 Å². The second-order valence-electron chi connectivity index (χ2n) is 7.50. The average Bonchev–Trinajstić information content (AvgIpc) is 3.12. The predicted molar refractivity (Wildman–Crippen MR) is 128 cm³/mol. The monoisotopic (exact) mass is 491 g/mol. The quantitative estimate of drug-likeness (QED) is 0.379. The Balaban J connectivity index is 1.59. The van der Waals surface area contributed by atoms with Gasteiger partial charge in [-0.2, -0.15) is 0 Å². The lowest BCUT2D eigenvalue weighted by Crippen LogP contribution is -2.30. The van der Waals surface area contributed by atoms with Crippen LogP contribution in [0.3, 0.4) is 0 Å². The Kier molecular flexibility index (Phi) is 7.03. The third kappa shape index (κ3) is 5.28. The van der Waals surface area contributed by atoms with Crippen LogP contribution in [0.25, 0.3) is 6.08 Å². The summed E-state index contributed by atoms with van der Waals surface area (Å²) in [5.74, 6) is -1.18.